The van der Waals surface area contributed by atoms with Crippen molar-refractivity contribution in [2.75, 3.05) is 13.7 Å². The van der Waals surface area contributed by atoms with Gasteiger partial charge in [0.05, 0.1) is 24.3 Å². The average Bonchev–Trinajstić information content (AvgIpc) is 3.14. The van der Waals surface area contributed by atoms with Gasteiger partial charge in [0, 0.05) is 18.7 Å². The lowest BCUT2D eigenvalue weighted by atomic mass is 10.1. The first-order valence-corrected chi connectivity index (χ1v) is 10.5. The molecule has 1 heterocycles. The summed E-state index contributed by atoms with van der Waals surface area (Å²) in [7, 11) is 1.61. The Kier molecular flexibility index (Phi) is 6.46. The van der Waals surface area contributed by atoms with Crippen LogP contribution >= 0.6 is 0 Å². The summed E-state index contributed by atoms with van der Waals surface area (Å²) in [5.74, 6) is 0.614. The molecule has 1 atom stereocenters. The number of nitrogens with zero attached hydrogens (tertiary/aromatic N) is 4. The summed E-state index contributed by atoms with van der Waals surface area (Å²) in [6, 6.07) is 23.7. The molecular weight excluding hydrogens is 420 g/mol. The van der Waals surface area contributed by atoms with Gasteiger partial charge in [-0.25, -0.2) is 5.01 Å². The summed E-state index contributed by atoms with van der Waals surface area (Å²) in [4.78, 5) is 25.6. The van der Waals surface area contributed by atoms with Crippen molar-refractivity contribution < 1.29 is 14.5 Å². The van der Waals surface area contributed by atoms with Gasteiger partial charge in [0.1, 0.15) is 11.9 Å². The van der Waals surface area contributed by atoms with Gasteiger partial charge in [-0.1, -0.05) is 42.5 Å². The molecule has 3 aromatic carbocycles. The van der Waals surface area contributed by atoms with Crippen molar-refractivity contribution in [3.63, 3.8) is 0 Å². The Morgan fingerprint density at radius 1 is 1.06 bits per heavy atom. The molecule has 1 aliphatic rings. The lowest BCUT2D eigenvalue weighted by Gasteiger charge is -2.28. The van der Waals surface area contributed by atoms with E-state index in [4.69, 9.17) is 4.74 Å². The summed E-state index contributed by atoms with van der Waals surface area (Å²) < 4.78 is 5.28. The van der Waals surface area contributed by atoms with Crippen molar-refractivity contribution in [1.82, 2.24) is 9.91 Å². The second kappa shape index (κ2) is 9.62. The highest BCUT2D eigenvalue weighted by Gasteiger charge is 2.39. The topological polar surface area (TPSA) is 88.3 Å². The Hall–Kier alpha value is -4.04. The molecule has 0 saturated carbocycles. The van der Waals surface area contributed by atoms with Crippen LogP contribution in [0.2, 0.25) is 0 Å². The van der Waals surface area contributed by atoms with Crippen molar-refractivity contribution in [2.45, 2.75) is 19.6 Å². The van der Waals surface area contributed by atoms with Crippen molar-refractivity contribution in [1.29, 1.82) is 0 Å². The lowest BCUT2D eigenvalue weighted by Crippen LogP contribution is -2.29. The van der Waals surface area contributed by atoms with Crippen LogP contribution < -0.4 is 4.74 Å². The fraction of sp³-hybridized carbons (Fsp3) is 0.200. The van der Waals surface area contributed by atoms with Gasteiger partial charge >= 0.3 is 0 Å². The highest BCUT2D eigenvalue weighted by molar-refractivity contribution is 5.99. The van der Waals surface area contributed by atoms with E-state index in [9.17, 15) is 14.9 Å². The number of methoxy groups -OCH3 is 1. The van der Waals surface area contributed by atoms with Gasteiger partial charge in [0.2, 0.25) is 0 Å². The van der Waals surface area contributed by atoms with Gasteiger partial charge in [0.15, 0.2) is 0 Å². The van der Waals surface area contributed by atoms with E-state index in [0.29, 0.717) is 17.8 Å². The smallest absolute Gasteiger partial charge is 0.269 e. The van der Waals surface area contributed by atoms with Gasteiger partial charge in [-0.3, -0.25) is 19.8 Å². The first-order valence-electron chi connectivity index (χ1n) is 10.5. The second-order valence-electron chi connectivity index (χ2n) is 7.77. The highest BCUT2D eigenvalue weighted by Crippen LogP contribution is 2.33. The van der Waals surface area contributed by atoms with Crippen LogP contribution in [0.4, 0.5) is 5.69 Å². The molecule has 0 bridgehead atoms. The number of hydrazone groups is 1. The summed E-state index contributed by atoms with van der Waals surface area (Å²) >= 11 is 0. The van der Waals surface area contributed by atoms with Crippen LogP contribution in [0.5, 0.6) is 5.75 Å². The number of carbonyl (C=O) groups excluding carboxylic acids is 1. The van der Waals surface area contributed by atoms with E-state index in [1.807, 2.05) is 54.6 Å². The molecule has 8 nitrogen and oxygen atoms in total. The summed E-state index contributed by atoms with van der Waals surface area (Å²) in [6.07, 6.45) is -0.392. The predicted octanol–water partition coefficient (Wildman–Crippen LogP) is 4.37. The van der Waals surface area contributed by atoms with E-state index in [0.717, 1.165) is 16.9 Å². The van der Waals surface area contributed by atoms with Crippen molar-refractivity contribution >= 4 is 17.3 Å². The molecule has 3 aromatic rings. The van der Waals surface area contributed by atoms with Crippen LogP contribution in [-0.4, -0.2) is 40.1 Å². The van der Waals surface area contributed by atoms with Crippen LogP contribution in [0.25, 0.3) is 0 Å². The monoisotopic (exact) mass is 444 g/mol. The van der Waals surface area contributed by atoms with Crippen LogP contribution in [0.1, 0.15) is 29.8 Å². The van der Waals surface area contributed by atoms with Gasteiger partial charge in [-0.15, -0.1) is 0 Å². The number of carbonyl (C=O) groups is 1. The molecule has 33 heavy (non-hydrogen) atoms. The Bertz CT molecular complexity index is 1160. The molecule has 168 valence electrons. The minimum atomic E-state index is -0.443. The third-order valence-corrected chi connectivity index (χ3v) is 5.57. The molecule has 0 N–H and O–H groups in total. The van der Waals surface area contributed by atoms with Crippen molar-refractivity contribution in [3.8, 4) is 5.75 Å². The predicted molar refractivity (Wildman–Crippen MR) is 125 cm³/mol. The van der Waals surface area contributed by atoms with E-state index < -0.39 is 11.1 Å². The standard InChI is InChI=1S/C25H24N4O4/c1-18(20-8-12-22(13-9-20)29(31)32)26-28-24(30)17-27(16-19-6-4-3-5-7-19)25(28)21-10-14-23(33-2)15-11-21/h3-15,25H,16-17H2,1-2H3/b26-18+. The highest BCUT2D eigenvalue weighted by atomic mass is 16.6. The molecule has 1 fully saturated rings. The van der Waals surface area contributed by atoms with E-state index in [2.05, 4.69) is 10.0 Å². The van der Waals surface area contributed by atoms with Gasteiger partial charge < -0.3 is 4.74 Å². The van der Waals surface area contributed by atoms with Crippen LogP contribution in [0.3, 0.4) is 0 Å². The summed E-state index contributed by atoms with van der Waals surface area (Å²) in [6.45, 7) is 2.61. The Morgan fingerprint density at radius 2 is 1.73 bits per heavy atom. The minimum Gasteiger partial charge on any atom is -0.497 e. The molecular formula is C25H24N4O4. The van der Waals surface area contributed by atoms with Crippen LogP contribution in [0.15, 0.2) is 84.0 Å². The molecule has 4 rings (SSSR count). The van der Waals surface area contributed by atoms with Crippen molar-refractivity contribution in [2.24, 2.45) is 5.10 Å². The minimum absolute atomic E-state index is 0.00828. The third kappa shape index (κ3) is 4.91. The van der Waals surface area contributed by atoms with Crippen LogP contribution in [0, 0.1) is 10.1 Å². The first kappa shape index (κ1) is 22.2. The number of non-ortho nitro benzene ring substituents is 1. The van der Waals surface area contributed by atoms with E-state index in [1.165, 1.54) is 17.1 Å². The molecule has 1 aliphatic heterocycles. The number of hydrogen-bond donors (Lipinski definition) is 0. The molecule has 0 radical (unpaired) electrons. The normalized spacial score (nSPS) is 16.8. The fourth-order valence-corrected chi connectivity index (χ4v) is 3.87. The summed E-state index contributed by atoms with van der Waals surface area (Å²) in [5.41, 5.74) is 3.33. The number of hydrogen-bond acceptors (Lipinski definition) is 6. The molecule has 1 amide bonds. The zero-order valence-electron chi connectivity index (χ0n) is 18.4. The Labute approximate surface area is 191 Å². The Balaban J connectivity index is 1.68. The molecule has 0 aliphatic carbocycles. The number of ether oxygens (including phenoxy) is 1. The molecule has 0 spiro atoms. The second-order valence-corrected chi connectivity index (χ2v) is 7.77. The summed E-state index contributed by atoms with van der Waals surface area (Å²) in [5, 5.41) is 17.1. The molecule has 0 aromatic heterocycles. The maximum absolute atomic E-state index is 13.1. The van der Waals surface area contributed by atoms with Crippen LogP contribution in [-0.2, 0) is 11.3 Å². The van der Waals surface area contributed by atoms with Gasteiger partial charge in [0.25, 0.3) is 11.6 Å². The molecule has 8 heteroatoms. The zero-order valence-corrected chi connectivity index (χ0v) is 18.4. The fourth-order valence-electron chi connectivity index (χ4n) is 3.87. The van der Waals surface area contributed by atoms with E-state index in [1.54, 1.807) is 26.2 Å². The van der Waals surface area contributed by atoms with Gasteiger partial charge in [-0.2, -0.15) is 5.10 Å². The van der Waals surface area contributed by atoms with Crippen molar-refractivity contribution in [3.05, 3.63) is 106 Å². The maximum atomic E-state index is 13.1. The van der Waals surface area contributed by atoms with E-state index >= 15 is 0 Å². The number of amides is 1. The number of nitro groups is 1. The molecule has 1 saturated heterocycles. The maximum Gasteiger partial charge on any atom is 0.269 e. The largest absolute Gasteiger partial charge is 0.497 e. The third-order valence-electron chi connectivity index (χ3n) is 5.57. The number of nitro benzene ring substituents is 1. The number of benzene rings is 3. The SMILES string of the molecule is COc1ccc(C2N(Cc3ccccc3)CC(=O)N2/N=C(\C)c2ccc([N+](=O)[O-])cc2)cc1. The zero-order chi connectivity index (χ0) is 23.4. The van der Waals surface area contributed by atoms with E-state index in [-0.39, 0.29) is 18.1 Å². The Morgan fingerprint density at radius 3 is 2.33 bits per heavy atom. The average molecular weight is 444 g/mol. The first-order chi connectivity index (χ1) is 16.0. The van der Waals surface area contributed by atoms with Gasteiger partial charge in [-0.05, 0) is 47.9 Å². The number of rotatable bonds is 7. The lowest BCUT2D eigenvalue weighted by molar-refractivity contribution is -0.384. The quantitative estimate of drug-likeness (QED) is 0.307. The molecule has 1 unspecified atom stereocenters.